The van der Waals surface area contributed by atoms with E-state index in [-0.39, 0.29) is 16.6 Å². The minimum absolute atomic E-state index is 0.0706. The molecule has 0 aromatic heterocycles. The van der Waals surface area contributed by atoms with Gasteiger partial charge in [0.05, 0.1) is 16.2 Å². The Morgan fingerprint density at radius 1 is 0.957 bits per heavy atom. The standard InChI is InChI=1S/C18H29NO3S/c1-4-7-13-19(14-8-5-2)18(20)16-11-9-10-12-17(16)23(21,22)15-6-3/h9-12H,4-8,13-15H2,1-3H3. The summed E-state index contributed by atoms with van der Waals surface area (Å²) in [6.07, 6.45) is 4.41. The second kappa shape index (κ2) is 9.71. The van der Waals surface area contributed by atoms with E-state index in [1.807, 2.05) is 6.92 Å². The van der Waals surface area contributed by atoms with Crippen molar-refractivity contribution in [2.24, 2.45) is 0 Å². The van der Waals surface area contributed by atoms with Gasteiger partial charge in [0.2, 0.25) is 0 Å². The van der Waals surface area contributed by atoms with Crippen molar-refractivity contribution < 1.29 is 13.2 Å². The Labute approximate surface area is 140 Å². The molecule has 0 N–H and O–H groups in total. The second-order valence-corrected chi connectivity index (χ2v) is 7.89. The van der Waals surface area contributed by atoms with Crippen LogP contribution in [0, 0.1) is 0 Å². The molecule has 0 saturated carbocycles. The van der Waals surface area contributed by atoms with Crippen LogP contribution >= 0.6 is 0 Å². The van der Waals surface area contributed by atoms with Crippen LogP contribution in [0.15, 0.2) is 29.2 Å². The zero-order valence-corrected chi connectivity index (χ0v) is 15.4. The summed E-state index contributed by atoms with van der Waals surface area (Å²) < 4.78 is 24.9. The van der Waals surface area contributed by atoms with Gasteiger partial charge in [-0.3, -0.25) is 4.79 Å². The second-order valence-electron chi connectivity index (χ2n) is 5.81. The molecule has 130 valence electrons. The van der Waals surface area contributed by atoms with Gasteiger partial charge >= 0.3 is 0 Å². The Bertz CT molecular complexity index is 588. The summed E-state index contributed by atoms with van der Waals surface area (Å²) in [4.78, 5) is 14.9. The van der Waals surface area contributed by atoms with Gasteiger partial charge in [-0.2, -0.15) is 0 Å². The maximum absolute atomic E-state index is 12.9. The van der Waals surface area contributed by atoms with E-state index in [0.717, 1.165) is 25.7 Å². The SMILES string of the molecule is CCCCN(CCCC)C(=O)c1ccccc1S(=O)(=O)CCC. The van der Waals surface area contributed by atoms with Crippen LogP contribution in [0.3, 0.4) is 0 Å². The zero-order chi connectivity index (χ0) is 17.3. The number of nitrogens with zero attached hydrogens (tertiary/aromatic N) is 1. The van der Waals surface area contributed by atoms with E-state index in [0.29, 0.717) is 25.1 Å². The smallest absolute Gasteiger partial charge is 0.255 e. The highest BCUT2D eigenvalue weighted by atomic mass is 32.2. The van der Waals surface area contributed by atoms with Crippen LogP contribution in [0.2, 0.25) is 0 Å². The molecular formula is C18H29NO3S. The van der Waals surface area contributed by atoms with E-state index in [1.165, 1.54) is 0 Å². The molecule has 0 atom stereocenters. The number of hydrogen-bond acceptors (Lipinski definition) is 3. The first-order valence-corrected chi connectivity index (χ1v) is 10.2. The summed E-state index contributed by atoms with van der Waals surface area (Å²) >= 11 is 0. The molecule has 4 nitrogen and oxygen atoms in total. The molecule has 1 rings (SSSR count). The van der Waals surface area contributed by atoms with Crippen molar-refractivity contribution in [2.75, 3.05) is 18.8 Å². The maximum atomic E-state index is 12.9. The molecule has 1 aromatic carbocycles. The van der Waals surface area contributed by atoms with Crippen molar-refractivity contribution in [1.29, 1.82) is 0 Å². The fraction of sp³-hybridized carbons (Fsp3) is 0.611. The van der Waals surface area contributed by atoms with Gasteiger partial charge < -0.3 is 4.90 Å². The molecule has 5 heteroatoms. The normalized spacial score (nSPS) is 11.4. The molecule has 0 saturated heterocycles. The van der Waals surface area contributed by atoms with Crippen LogP contribution < -0.4 is 0 Å². The van der Waals surface area contributed by atoms with Gasteiger partial charge in [-0.1, -0.05) is 45.7 Å². The van der Waals surface area contributed by atoms with Crippen LogP contribution in [-0.4, -0.2) is 38.1 Å². The number of rotatable bonds is 10. The molecule has 1 aromatic rings. The lowest BCUT2D eigenvalue weighted by molar-refractivity contribution is 0.0747. The summed E-state index contributed by atoms with van der Waals surface area (Å²) in [5.41, 5.74) is 0.313. The highest BCUT2D eigenvalue weighted by Gasteiger charge is 2.24. The summed E-state index contributed by atoms with van der Waals surface area (Å²) in [6, 6.07) is 6.60. The zero-order valence-electron chi connectivity index (χ0n) is 14.5. The predicted octanol–water partition coefficient (Wildman–Crippen LogP) is 3.91. The van der Waals surface area contributed by atoms with Crippen molar-refractivity contribution in [3.8, 4) is 0 Å². The molecule has 0 bridgehead atoms. The topological polar surface area (TPSA) is 54.5 Å². The van der Waals surface area contributed by atoms with Crippen LogP contribution in [0.1, 0.15) is 63.2 Å². The Hall–Kier alpha value is -1.36. The molecular weight excluding hydrogens is 310 g/mol. The lowest BCUT2D eigenvalue weighted by atomic mass is 10.1. The summed E-state index contributed by atoms with van der Waals surface area (Å²) in [5, 5.41) is 0. The number of unbranched alkanes of at least 4 members (excludes halogenated alkanes) is 2. The van der Waals surface area contributed by atoms with Gasteiger partial charge in [0.1, 0.15) is 0 Å². The number of amides is 1. The van der Waals surface area contributed by atoms with Crippen LogP contribution in [0.25, 0.3) is 0 Å². The first-order chi connectivity index (χ1) is 11.0. The Kier molecular flexibility index (Phi) is 8.31. The fourth-order valence-corrected chi connectivity index (χ4v) is 4.01. The average Bonchev–Trinajstić information content (AvgIpc) is 2.54. The molecule has 0 aliphatic heterocycles. The number of sulfone groups is 1. The van der Waals surface area contributed by atoms with Crippen molar-refractivity contribution >= 4 is 15.7 Å². The van der Waals surface area contributed by atoms with Gasteiger partial charge in [-0.05, 0) is 31.4 Å². The first-order valence-electron chi connectivity index (χ1n) is 8.58. The highest BCUT2D eigenvalue weighted by molar-refractivity contribution is 7.91. The molecule has 0 aliphatic carbocycles. The molecule has 0 unspecified atom stereocenters. The first kappa shape index (κ1) is 19.7. The third kappa shape index (κ3) is 5.65. The number of benzene rings is 1. The molecule has 23 heavy (non-hydrogen) atoms. The Morgan fingerprint density at radius 3 is 2.04 bits per heavy atom. The number of carbonyl (C=O) groups excluding carboxylic acids is 1. The van der Waals surface area contributed by atoms with E-state index in [4.69, 9.17) is 0 Å². The quantitative estimate of drug-likeness (QED) is 0.649. The van der Waals surface area contributed by atoms with Crippen LogP contribution in [0.4, 0.5) is 0 Å². The average molecular weight is 340 g/mol. The van der Waals surface area contributed by atoms with Gasteiger partial charge in [0.25, 0.3) is 5.91 Å². The Balaban J connectivity index is 3.14. The van der Waals surface area contributed by atoms with Crippen LogP contribution in [-0.2, 0) is 9.84 Å². The Morgan fingerprint density at radius 2 is 1.52 bits per heavy atom. The monoisotopic (exact) mass is 339 g/mol. The van der Waals surface area contributed by atoms with Crippen molar-refractivity contribution in [2.45, 2.75) is 57.8 Å². The largest absolute Gasteiger partial charge is 0.339 e. The molecule has 1 amide bonds. The third-order valence-electron chi connectivity index (χ3n) is 3.78. The molecule has 0 spiro atoms. The lowest BCUT2D eigenvalue weighted by Crippen LogP contribution is -2.34. The van der Waals surface area contributed by atoms with E-state index in [2.05, 4.69) is 13.8 Å². The molecule has 0 heterocycles. The van der Waals surface area contributed by atoms with E-state index in [1.54, 1.807) is 29.2 Å². The van der Waals surface area contributed by atoms with Gasteiger partial charge in [-0.15, -0.1) is 0 Å². The predicted molar refractivity (Wildman–Crippen MR) is 94.5 cm³/mol. The van der Waals surface area contributed by atoms with E-state index in [9.17, 15) is 13.2 Å². The van der Waals surface area contributed by atoms with Crippen LogP contribution in [0.5, 0.6) is 0 Å². The summed E-state index contributed by atoms with van der Waals surface area (Å²) in [6.45, 7) is 7.36. The highest BCUT2D eigenvalue weighted by Crippen LogP contribution is 2.20. The number of carbonyl (C=O) groups is 1. The van der Waals surface area contributed by atoms with E-state index >= 15 is 0 Å². The van der Waals surface area contributed by atoms with Crippen molar-refractivity contribution in [3.05, 3.63) is 29.8 Å². The maximum Gasteiger partial charge on any atom is 0.255 e. The molecule has 0 aliphatic rings. The lowest BCUT2D eigenvalue weighted by Gasteiger charge is -2.23. The summed E-state index contributed by atoms with van der Waals surface area (Å²) in [7, 11) is -3.41. The van der Waals surface area contributed by atoms with Crippen molar-refractivity contribution in [3.63, 3.8) is 0 Å². The number of hydrogen-bond donors (Lipinski definition) is 0. The fourth-order valence-electron chi connectivity index (χ4n) is 2.48. The minimum Gasteiger partial charge on any atom is -0.339 e. The van der Waals surface area contributed by atoms with Gasteiger partial charge in [0, 0.05) is 13.1 Å². The van der Waals surface area contributed by atoms with E-state index < -0.39 is 9.84 Å². The molecule has 0 radical (unpaired) electrons. The molecule has 0 fully saturated rings. The third-order valence-corrected chi connectivity index (χ3v) is 5.75. The van der Waals surface area contributed by atoms with Gasteiger partial charge in [0.15, 0.2) is 9.84 Å². The van der Waals surface area contributed by atoms with Gasteiger partial charge in [-0.25, -0.2) is 8.42 Å². The summed E-state index contributed by atoms with van der Waals surface area (Å²) in [5.74, 6) is -0.0940. The minimum atomic E-state index is -3.41. The van der Waals surface area contributed by atoms with Crippen molar-refractivity contribution in [1.82, 2.24) is 4.90 Å².